The van der Waals surface area contributed by atoms with E-state index < -0.39 is 0 Å². The highest BCUT2D eigenvalue weighted by Gasteiger charge is 2.34. The summed E-state index contributed by atoms with van der Waals surface area (Å²) in [5, 5.41) is 2.89. The average Bonchev–Trinajstić information content (AvgIpc) is 2.95. The minimum atomic E-state index is -0.306. The number of hydrogen-bond acceptors (Lipinski definition) is 3. The fourth-order valence-electron chi connectivity index (χ4n) is 2.76. The first kappa shape index (κ1) is 15.2. The average molecular weight is 309 g/mol. The third kappa shape index (κ3) is 3.56. The predicted octanol–water partition coefficient (Wildman–Crippen LogP) is 2.06. The van der Waals surface area contributed by atoms with Gasteiger partial charge in [0.25, 0.3) is 0 Å². The van der Waals surface area contributed by atoms with Crippen molar-refractivity contribution in [3.8, 4) is 0 Å². The van der Waals surface area contributed by atoms with Crippen molar-refractivity contribution in [1.29, 1.82) is 0 Å². The molecule has 23 heavy (non-hydrogen) atoms. The summed E-state index contributed by atoms with van der Waals surface area (Å²) < 4.78 is 0. The highest BCUT2D eigenvalue weighted by molar-refractivity contribution is 6.00. The molecule has 2 amide bonds. The second-order valence-corrected chi connectivity index (χ2v) is 5.82. The van der Waals surface area contributed by atoms with E-state index in [2.05, 4.69) is 10.3 Å². The molecule has 1 atom stereocenters. The number of rotatable bonds is 4. The van der Waals surface area contributed by atoms with Crippen LogP contribution in [-0.2, 0) is 16.1 Å². The van der Waals surface area contributed by atoms with E-state index in [0.29, 0.717) is 13.1 Å². The first-order chi connectivity index (χ1) is 11.1. The highest BCUT2D eigenvalue weighted by atomic mass is 16.2. The molecule has 0 spiro atoms. The minimum Gasteiger partial charge on any atom is -0.352 e. The number of hydrogen-bond donors (Lipinski definition) is 1. The van der Waals surface area contributed by atoms with Crippen molar-refractivity contribution in [1.82, 2.24) is 10.3 Å². The van der Waals surface area contributed by atoms with Gasteiger partial charge in [-0.2, -0.15) is 0 Å². The Morgan fingerprint density at radius 3 is 2.96 bits per heavy atom. The van der Waals surface area contributed by atoms with Gasteiger partial charge in [-0.15, -0.1) is 0 Å². The van der Waals surface area contributed by atoms with Gasteiger partial charge in [0.2, 0.25) is 11.8 Å². The van der Waals surface area contributed by atoms with E-state index in [1.165, 1.54) is 0 Å². The van der Waals surface area contributed by atoms with E-state index in [4.69, 9.17) is 0 Å². The van der Waals surface area contributed by atoms with Crippen LogP contribution in [0.25, 0.3) is 0 Å². The maximum Gasteiger partial charge on any atom is 0.227 e. The number of benzene rings is 1. The molecule has 2 aromatic rings. The summed E-state index contributed by atoms with van der Waals surface area (Å²) in [6, 6.07) is 11.5. The van der Waals surface area contributed by atoms with Crippen LogP contribution in [0.4, 0.5) is 5.69 Å². The van der Waals surface area contributed by atoms with Crippen molar-refractivity contribution in [2.24, 2.45) is 5.92 Å². The molecular formula is C18H19N3O2. The van der Waals surface area contributed by atoms with Gasteiger partial charge < -0.3 is 10.2 Å². The van der Waals surface area contributed by atoms with E-state index in [9.17, 15) is 9.59 Å². The summed E-state index contributed by atoms with van der Waals surface area (Å²) in [6.45, 7) is 2.85. The molecule has 0 bridgehead atoms. The third-order valence-electron chi connectivity index (χ3n) is 4.00. The fraction of sp³-hybridized carbons (Fsp3) is 0.278. The van der Waals surface area contributed by atoms with Crippen LogP contribution in [0.2, 0.25) is 0 Å². The lowest BCUT2D eigenvalue weighted by Crippen LogP contribution is -2.32. The largest absolute Gasteiger partial charge is 0.352 e. The summed E-state index contributed by atoms with van der Waals surface area (Å²) in [4.78, 5) is 30.2. The molecule has 1 aliphatic rings. The Balaban J connectivity index is 1.62. The number of nitrogens with one attached hydrogen (secondary N) is 1. The van der Waals surface area contributed by atoms with Crippen molar-refractivity contribution in [3.63, 3.8) is 0 Å². The predicted molar refractivity (Wildman–Crippen MR) is 87.7 cm³/mol. The van der Waals surface area contributed by atoms with E-state index in [-0.39, 0.29) is 24.2 Å². The number of aromatic nitrogens is 1. The molecule has 3 rings (SSSR count). The second kappa shape index (κ2) is 6.60. The van der Waals surface area contributed by atoms with E-state index in [1.807, 2.05) is 43.3 Å². The lowest BCUT2D eigenvalue weighted by molar-refractivity contribution is -0.126. The van der Waals surface area contributed by atoms with E-state index in [0.717, 1.165) is 16.8 Å². The SMILES string of the molecule is Cc1cccc(N2CC(C(=O)NCc3cccnc3)CC2=O)c1. The maximum atomic E-state index is 12.3. The summed E-state index contributed by atoms with van der Waals surface area (Å²) >= 11 is 0. The molecular weight excluding hydrogens is 290 g/mol. The van der Waals surface area contributed by atoms with Gasteiger partial charge >= 0.3 is 0 Å². The molecule has 1 aromatic carbocycles. The Kier molecular flexibility index (Phi) is 4.37. The number of nitrogens with zero attached hydrogens (tertiary/aromatic N) is 2. The number of pyridine rings is 1. The van der Waals surface area contributed by atoms with Crippen molar-refractivity contribution in [2.45, 2.75) is 19.9 Å². The molecule has 2 heterocycles. The van der Waals surface area contributed by atoms with Crippen LogP contribution in [-0.4, -0.2) is 23.3 Å². The molecule has 1 unspecified atom stereocenters. The van der Waals surface area contributed by atoms with E-state index in [1.54, 1.807) is 17.3 Å². The summed E-state index contributed by atoms with van der Waals surface area (Å²) in [5.41, 5.74) is 2.90. The van der Waals surface area contributed by atoms with Crippen molar-refractivity contribution >= 4 is 17.5 Å². The van der Waals surface area contributed by atoms with Crippen LogP contribution in [0, 0.1) is 12.8 Å². The topological polar surface area (TPSA) is 62.3 Å². The Labute approximate surface area is 135 Å². The van der Waals surface area contributed by atoms with Gasteiger partial charge in [-0.3, -0.25) is 14.6 Å². The van der Waals surface area contributed by atoms with E-state index >= 15 is 0 Å². The van der Waals surface area contributed by atoms with Gasteiger partial charge in [0.15, 0.2) is 0 Å². The third-order valence-corrected chi connectivity index (χ3v) is 4.00. The van der Waals surface area contributed by atoms with Crippen molar-refractivity contribution in [3.05, 3.63) is 59.9 Å². The molecule has 1 N–H and O–H groups in total. The van der Waals surface area contributed by atoms with Crippen LogP contribution in [0.3, 0.4) is 0 Å². The summed E-state index contributed by atoms with van der Waals surface area (Å²) in [5.74, 6) is -0.394. The van der Waals surface area contributed by atoms with Crippen molar-refractivity contribution < 1.29 is 9.59 Å². The fourth-order valence-corrected chi connectivity index (χ4v) is 2.76. The quantitative estimate of drug-likeness (QED) is 0.940. The Morgan fingerprint density at radius 1 is 1.35 bits per heavy atom. The highest BCUT2D eigenvalue weighted by Crippen LogP contribution is 2.25. The van der Waals surface area contributed by atoms with Crippen LogP contribution in [0.15, 0.2) is 48.8 Å². The van der Waals surface area contributed by atoms with Crippen LogP contribution >= 0.6 is 0 Å². The second-order valence-electron chi connectivity index (χ2n) is 5.82. The molecule has 118 valence electrons. The molecule has 1 aromatic heterocycles. The molecule has 5 nitrogen and oxygen atoms in total. The Bertz CT molecular complexity index is 715. The standard InChI is InChI=1S/C18H19N3O2/c1-13-4-2-6-16(8-13)21-12-15(9-17(21)22)18(23)20-11-14-5-3-7-19-10-14/h2-8,10,15H,9,11-12H2,1H3,(H,20,23). The minimum absolute atomic E-state index is 0.00266. The lowest BCUT2D eigenvalue weighted by Gasteiger charge is -2.17. The molecule has 0 radical (unpaired) electrons. The van der Waals surface area contributed by atoms with Gasteiger partial charge in [-0.1, -0.05) is 18.2 Å². The number of carbonyl (C=O) groups excluding carboxylic acids is 2. The zero-order chi connectivity index (χ0) is 16.2. The first-order valence-corrected chi connectivity index (χ1v) is 7.67. The smallest absolute Gasteiger partial charge is 0.227 e. The Hall–Kier alpha value is -2.69. The van der Waals surface area contributed by atoms with Gasteiger partial charge in [-0.05, 0) is 36.2 Å². The van der Waals surface area contributed by atoms with Crippen molar-refractivity contribution in [2.75, 3.05) is 11.4 Å². The van der Waals surface area contributed by atoms with Crippen LogP contribution in [0.1, 0.15) is 17.5 Å². The molecule has 5 heteroatoms. The zero-order valence-corrected chi connectivity index (χ0v) is 13.0. The zero-order valence-electron chi connectivity index (χ0n) is 13.0. The monoisotopic (exact) mass is 309 g/mol. The number of anilines is 1. The first-order valence-electron chi connectivity index (χ1n) is 7.67. The molecule has 0 aliphatic carbocycles. The van der Waals surface area contributed by atoms with Gasteiger partial charge in [0.1, 0.15) is 0 Å². The Morgan fingerprint density at radius 2 is 2.22 bits per heavy atom. The summed E-state index contributed by atoms with van der Waals surface area (Å²) in [6.07, 6.45) is 3.67. The van der Waals surface area contributed by atoms with Gasteiger partial charge in [-0.25, -0.2) is 0 Å². The lowest BCUT2D eigenvalue weighted by atomic mass is 10.1. The normalized spacial score (nSPS) is 17.3. The van der Waals surface area contributed by atoms with Gasteiger partial charge in [0.05, 0.1) is 5.92 Å². The number of amides is 2. The number of aryl methyl sites for hydroxylation is 1. The van der Waals surface area contributed by atoms with Crippen LogP contribution < -0.4 is 10.2 Å². The maximum absolute atomic E-state index is 12.3. The molecule has 1 saturated heterocycles. The molecule has 1 aliphatic heterocycles. The van der Waals surface area contributed by atoms with Gasteiger partial charge in [0, 0.05) is 37.6 Å². The number of carbonyl (C=O) groups is 2. The molecule has 1 fully saturated rings. The van der Waals surface area contributed by atoms with Crippen LogP contribution in [0.5, 0.6) is 0 Å². The molecule has 0 saturated carbocycles. The summed E-state index contributed by atoms with van der Waals surface area (Å²) in [7, 11) is 0.